The quantitative estimate of drug-likeness (QED) is 0.384. The molecule has 1 amide bonds. The second-order valence-electron chi connectivity index (χ2n) is 6.48. The zero-order chi connectivity index (χ0) is 21.7. The van der Waals surface area contributed by atoms with Crippen LogP contribution in [-0.4, -0.2) is 80.3 Å². The summed E-state index contributed by atoms with van der Waals surface area (Å²) < 4.78 is 4.87. The van der Waals surface area contributed by atoms with Crippen molar-refractivity contribution in [2.75, 3.05) is 59.5 Å². The summed E-state index contributed by atoms with van der Waals surface area (Å²) in [7, 11) is 1.35. The number of nitriles is 4. The van der Waals surface area contributed by atoms with Gasteiger partial charge in [0, 0.05) is 65.0 Å². The van der Waals surface area contributed by atoms with Crippen LogP contribution < -0.4 is 0 Å². The standard InChI is InChI=1S/C20H31N7O2/c1-29-20(28)27(18-6-16-25(12-2-8-21)13-3-9-22)19-7-17-26(14-4-10-23)15-5-11-24/h2-7,12-19H2,1H3. The van der Waals surface area contributed by atoms with Crippen molar-refractivity contribution in [1.29, 1.82) is 21.0 Å². The van der Waals surface area contributed by atoms with Gasteiger partial charge in [0.15, 0.2) is 0 Å². The Hall–Kier alpha value is -2.85. The number of carbonyl (C=O) groups is 1. The molecule has 0 atom stereocenters. The maximum Gasteiger partial charge on any atom is 0.409 e. The molecule has 0 aliphatic carbocycles. The predicted molar refractivity (Wildman–Crippen MR) is 107 cm³/mol. The third-order valence-electron chi connectivity index (χ3n) is 4.40. The number of nitrogens with zero attached hydrogens (tertiary/aromatic N) is 7. The van der Waals surface area contributed by atoms with Crippen LogP contribution in [0.3, 0.4) is 0 Å². The molecule has 0 aliphatic heterocycles. The number of carbonyl (C=O) groups excluding carboxylic acids is 1. The molecule has 0 rings (SSSR count). The van der Waals surface area contributed by atoms with Crippen molar-refractivity contribution in [3.05, 3.63) is 0 Å². The number of hydrogen-bond donors (Lipinski definition) is 0. The average Bonchev–Trinajstić information content (AvgIpc) is 2.74. The molecule has 0 aromatic rings. The Balaban J connectivity index is 4.51. The van der Waals surface area contributed by atoms with Gasteiger partial charge in [0.2, 0.25) is 0 Å². The van der Waals surface area contributed by atoms with Gasteiger partial charge in [-0.3, -0.25) is 0 Å². The van der Waals surface area contributed by atoms with E-state index in [4.69, 9.17) is 25.8 Å². The normalized spacial score (nSPS) is 10.0. The maximum atomic E-state index is 12.1. The third kappa shape index (κ3) is 13.9. The highest BCUT2D eigenvalue weighted by atomic mass is 16.5. The second kappa shape index (κ2) is 18.5. The zero-order valence-electron chi connectivity index (χ0n) is 17.3. The highest BCUT2D eigenvalue weighted by Crippen LogP contribution is 2.03. The lowest BCUT2D eigenvalue weighted by molar-refractivity contribution is 0.118. The molecule has 0 saturated heterocycles. The van der Waals surface area contributed by atoms with E-state index in [1.807, 2.05) is 0 Å². The summed E-state index contributed by atoms with van der Waals surface area (Å²) in [6, 6.07) is 8.46. The number of amides is 1. The molecule has 0 heterocycles. The largest absolute Gasteiger partial charge is 0.453 e. The van der Waals surface area contributed by atoms with Gasteiger partial charge < -0.3 is 19.4 Å². The van der Waals surface area contributed by atoms with E-state index >= 15 is 0 Å². The molecule has 0 fully saturated rings. The molecule has 0 saturated carbocycles. The van der Waals surface area contributed by atoms with Gasteiger partial charge in [0.25, 0.3) is 0 Å². The lowest BCUT2D eigenvalue weighted by Crippen LogP contribution is -2.37. The fraction of sp³-hybridized carbons (Fsp3) is 0.750. The Labute approximate surface area is 174 Å². The van der Waals surface area contributed by atoms with Gasteiger partial charge in [-0.2, -0.15) is 21.0 Å². The minimum atomic E-state index is -0.383. The Morgan fingerprint density at radius 3 is 1.28 bits per heavy atom. The van der Waals surface area contributed by atoms with Crippen molar-refractivity contribution in [3.63, 3.8) is 0 Å². The topological polar surface area (TPSA) is 131 Å². The molecule has 0 N–H and O–H groups in total. The van der Waals surface area contributed by atoms with Crippen LogP contribution in [0.25, 0.3) is 0 Å². The van der Waals surface area contributed by atoms with Gasteiger partial charge in [0.05, 0.1) is 31.4 Å². The van der Waals surface area contributed by atoms with E-state index in [-0.39, 0.29) is 6.09 Å². The van der Waals surface area contributed by atoms with Crippen molar-refractivity contribution < 1.29 is 9.53 Å². The third-order valence-corrected chi connectivity index (χ3v) is 4.40. The summed E-state index contributed by atoms with van der Waals surface area (Å²) >= 11 is 0. The maximum absolute atomic E-state index is 12.1. The van der Waals surface area contributed by atoms with Gasteiger partial charge in [-0.1, -0.05) is 0 Å². The van der Waals surface area contributed by atoms with Crippen LogP contribution in [0.4, 0.5) is 4.79 Å². The molecule has 0 spiro atoms. The lowest BCUT2D eigenvalue weighted by Gasteiger charge is -2.26. The number of rotatable bonds is 16. The Bertz CT molecular complexity index is 530. The first-order valence-electron chi connectivity index (χ1n) is 9.88. The van der Waals surface area contributed by atoms with Crippen molar-refractivity contribution in [2.45, 2.75) is 38.5 Å². The van der Waals surface area contributed by atoms with Crippen LogP contribution in [-0.2, 0) is 4.74 Å². The Morgan fingerprint density at radius 2 is 1.00 bits per heavy atom. The Kier molecular flexibility index (Phi) is 16.7. The molecule has 0 unspecified atom stereocenters. The Morgan fingerprint density at radius 1 is 0.655 bits per heavy atom. The lowest BCUT2D eigenvalue weighted by atomic mass is 10.2. The minimum absolute atomic E-state index is 0.383. The van der Waals surface area contributed by atoms with E-state index < -0.39 is 0 Å². The fourth-order valence-electron chi connectivity index (χ4n) is 2.90. The van der Waals surface area contributed by atoms with Crippen LogP contribution in [0.15, 0.2) is 0 Å². The van der Waals surface area contributed by atoms with Crippen molar-refractivity contribution in [1.82, 2.24) is 14.7 Å². The average molecular weight is 402 g/mol. The van der Waals surface area contributed by atoms with Crippen LogP contribution in [0, 0.1) is 45.3 Å². The van der Waals surface area contributed by atoms with E-state index in [9.17, 15) is 4.79 Å². The smallest absolute Gasteiger partial charge is 0.409 e. The summed E-state index contributed by atoms with van der Waals surface area (Å²) in [5, 5.41) is 35.0. The van der Waals surface area contributed by atoms with Crippen LogP contribution in [0.2, 0.25) is 0 Å². The molecular weight excluding hydrogens is 370 g/mol. The molecule has 0 aromatic heterocycles. The summed E-state index contributed by atoms with van der Waals surface area (Å²) in [5.74, 6) is 0. The molecule has 0 radical (unpaired) electrons. The highest BCUT2D eigenvalue weighted by Gasteiger charge is 2.15. The van der Waals surface area contributed by atoms with Gasteiger partial charge in [-0.05, 0) is 25.9 Å². The van der Waals surface area contributed by atoms with E-state index in [0.29, 0.717) is 78.0 Å². The van der Waals surface area contributed by atoms with Gasteiger partial charge in [-0.25, -0.2) is 4.79 Å². The first kappa shape index (κ1) is 26.1. The summed E-state index contributed by atoms with van der Waals surface area (Å²) in [4.78, 5) is 17.8. The summed E-state index contributed by atoms with van der Waals surface area (Å²) in [6.07, 6.45) is 2.70. The highest BCUT2D eigenvalue weighted by molar-refractivity contribution is 5.67. The van der Waals surface area contributed by atoms with Gasteiger partial charge in [0.1, 0.15) is 0 Å². The summed E-state index contributed by atoms with van der Waals surface area (Å²) in [5.41, 5.74) is 0. The SMILES string of the molecule is COC(=O)N(CCCN(CCC#N)CCC#N)CCCN(CCC#N)CCC#N. The van der Waals surface area contributed by atoms with E-state index in [0.717, 1.165) is 12.8 Å². The van der Waals surface area contributed by atoms with E-state index in [1.54, 1.807) is 4.90 Å². The van der Waals surface area contributed by atoms with Crippen molar-refractivity contribution in [3.8, 4) is 24.3 Å². The predicted octanol–water partition coefficient (Wildman–Crippen LogP) is 2.09. The molecule has 158 valence electrons. The number of hydrogen-bond acceptors (Lipinski definition) is 8. The van der Waals surface area contributed by atoms with Gasteiger partial charge >= 0.3 is 6.09 Å². The molecule has 9 heteroatoms. The molecule has 0 bridgehead atoms. The second-order valence-corrected chi connectivity index (χ2v) is 6.48. The number of ether oxygens (including phenoxy) is 1. The first-order valence-corrected chi connectivity index (χ1v) is 9.88. The minimum Gasteiger partial charge on any atom is -0.453 e. The van der Waals surface area contributed by atoms with E-state index in [2.05, 4.69) is 34.1 Å². The van der Waals surface area contributed by atoms with Crippen LogP contribution in [0.5, 0.6) is 0 Å². The van der Waals surface area contributed by atoms with Crippen molar-refractivity contribution >= 4 is 6.09 Å². The fourth-order valence-corrected chi connectivity index (χ4v) is 2.90. The monoisotopic (exact) mass is 401 g/mol. The molecule has 0 aliphatic rings. The van der Waals surface area contributed by atoms with Crippen LogP contribution in [0.1, 0.15) is 38.5 Å². The van der Waals surface area contributed by atoms with Crippen molar-refractivity contribution in [2.24, 2.45) is 0 Å². The van der Waals surface area contributed by atoms with E-state index in [1.165, 1.54) is 7.11 Å². The van der Waals surface area contributed by atoms with Gasteiger partial charge in [-0.15, -0.1) is 0 Å². The molecular formula is C20H31N7O2. The van der Waals surface area contributed by atoms with Crippen LogP contribution >= 0.6 is 0 Å². The summed E-state index contributed by atoms with van der Waals surface area (Å²) in [6.45, 7) is 4.91. The first-order chi connectivity index (χ1) is 14.1. The molecule has 0 aromatic carbocycles. The molecule has 29 heavy (non-hydrogen) atoms. The zero-order valence-corrected chi connectivity index (χ0v) is 17.3. The number of methoxy groups -OCH3 is 1. The molecule has 9 nitrogen and oxygen atoms in total.